The molecule has 2 aliphatic heterocycles. The minimum Gasteiger partial charge on any atom is -0.547 e. The Morgan fingerprint density at radius 1 is 0.621 bits per heavy atom. The molecule has 2 heterocycles. The zero-order chi connectivity index (χ0) is 44.5. The Kier molecular flexibility index (Phi) is 21.2. The number of benzene rings is 2. The maximum Gasteiger partial charge on any atom is 0.308 e. The number of likely N-dealkylation sites (N-methyl/N-ethyl adjacent to an activating group) is 2. The van der Waals surface area contributed by atoms with E-state index >= 15 is 0 Å². The number of quaternary nitrogens is 2. The van der Waals surface area contributed by atoms with Gasteiger partial charge in [0, 0.05) is 0 Å². The molecule has 14 nitrogen and oxygen atoms in total. The number of carbonyl (C=O) groups is 4. The highest BCUT2D eigenvalue weighted by Gasteiger charge is 2.45. The zero-order valence-electron chi connectivity index (χ0n) is 36.7. The molecule has 2 aromatic rings. The average Bonchev–Trinajstić information content (AvgIpc) is 3.17. The van der Waals surface area contributed by atoms with Crippen LogP contribution in [0, 0.1) is 0 Å². The monoisotopic (exact) mass is 818 g/mol. The van der Waals surface area contributed by atoms with Crippen LogP contribution in [0.5, 0.6) is 0 Å². The third kappa shape index (κ3) is 16.7. The first-order chi connectivity index (χ1) is 26.9. The second-order valence-corrected chi connectivity index (χ2v) is 16.9. The molecule has 2 aliphatic rings. The highest BCUT2D eigenvalue weighted by atomic mass is 16.6. The van der Waals surface area contributed by atoms with Crippen molar-refractivity contribution in [2.75, 3.05) is 42.4 Å². The Labute approximate surface area is 345 Å². The molecule has 0 bridgehead atoms. The predicted octanol–water partition coefficient (Wildman–Crippen LogP) is 0.541. The minimum atomic E-state index is -1.53. The summed E-state index contributed by atoms with van der Waals surface area (Å²) in [6, 6.07) is 20.0. The van der Waals surface area contributed by atoms with Crippen LogP contribution in [0.1, 0.15) is 116 Å². The topological polar surface area (TPSA) is 201 Å². The maximum atomic E-state index is 11.2. The van der Waals surface area contributed by atoms with E-state index in [1.54, 1.807) is 27.7 Å². The van der Waals surface area contributed by atoms with E-state index in [4.69, 9.17) is 9.47 Å². The van der Waals surface area contributed by atoms with Gasteiger partial charge in [-0.3, -0.25) is 9.59 Å². The Morgan fingerprint density at radius 2 is 0.914 bits per heavy atom. The van der Waals surface area contributed by atoms with Crippen molar-refractivity contribution in [2.45, 2.75) is 140 Å². The van der Waals surface area contributed by atoms with Crippen molar-refractivity contribution in [3.05, 3.63) is 71.8 Å². The largest absolute Gasteiger partial charge is 0.547 e. The lowest BCUT2D eigenvalue weighted by Gasteiger charge is -2.45. The van der Waals surface area contributed by atoms with Gasteiger partial charge in [0.1, 0.15) is 35.5 Å². The molecular weight excluding hydrogens is 748 g/mol. The fourth-order valence-electron chi connectivity index (χ4n) is 6.66. The third-order valence-electron chi connectivity index (χ3n) is 10.8. The van der Waals surface area contributed by atoms with Crippen LogP contribution in [0.2, 0.25) is 0 Å². The molecule has 0 aromatic heterocycles. The number of aliphatic carboxylic acids is 2. The van der Waals surface area contributed by atoms with E-state index in [2.05, 4.69) is 37.7 Å². The molecule has 4 rings (SSSR count). The molecule has 4 N–H and O–H groups in total. The lowest BCUT2D eigenvalue weighted by atomic mass is 9.84. The zero-order valence-corrected chi connectivity index (χ0v) is 36.7. The molecule has 0 radical (unpaired) electrons. The third-order valence-corrected chi connectivity index (χ3v) is 10.8. The van der Waals surface area contributed by atoms with Gasteiger partial charge in [-0.15, -0.1) is 0 Å². The van der Waals surface area contributed by atoms with Gasteiger partial charge < -0.3 is 58.8 Å². The second-order valence-electron chi connectivity index (χ2n) is 16.9. The summed E-state index contributed by atoms with van der Waals surface area (Å²) in [6.45, 7) is 11.3. The van der Waals surface area contributed by atoms with Crippen molar-refractivity contribution in [2.24, 2.45) is 0 Å². The summed E-state index contributed by atoms with van der Waals surface area (Å²) in [6.07, 6.45) is 2.16. The molecular formula is C44H70N2O12. The number of nitrogens with one attached hydrogen (secondary N) is 2. The van der Waals surface area contributed by atoms with E-state index in [-0.39, 0.29) is 50.0 Å². The van der Waals surface area contributed by atoms with Crippen LogP contribution in [0.3, 0.4) is 0 Å². The summed E-state index contributed by atoms with van der Waals surface area (Å²) < 4.78 is 20.0. The fourth-order valence-corrected chi connectivity index (χ4v) is 6.66. The number of rotatable bonds is 12. The number of ether oxygens (including phenoxy) is 4. The van der Waals surface area contributed by atoms with Gasteiger partial charge >= 0.3 is 11.9 Å². The number of aliphatic hydroxyl groups is 2. The Bertz CT molecular complexity index is 1440. The molecule has 58 heavy (non-hydrogen) atoms. The standard InChI is InChI=1S/2C11H17NO.2C11H18O5/c2*1-9(12(2)3)11(13)10-7-5-4-6-8-10;2*1-10(2)5-4-6-11(16-10,9(13)14)7-8(12)15-3/h2*4-9,11,13H,1-3H3;2*4-7H2,1-3H3,(H,13,14)/t;;11-;/m..1./s1. The van der Waals surface area contributed by atoms with E-state index in [0.717, 1.165) is 24.0 Å². The summed E-state index contributed by atoms with van der Waals surface area (Å²) in [5, 5.41) is 42.2. The van der Waals surface area contributed by atoms with Gasteiger partial charge in [-0.05, 0) is 91.2 Å². The highest BCUT2D eigenvalue weighted by Crippen LogP contribution is 2.38. The molecule has 0 spiro atoms. The average molecular weight is 819 g/mol. The SMILES string of the molecule is CC(C(O)c1ccccc1)[NH+](C)C.CC(C(O)c1ccccc1)[NH+](C)C.COC(=O)CC1(C(=O)[O-])CCCC(C)(C)O1.COC(=O)C[C@@]1(C(=O)[O-])CCCC(C)(C)O1. The highest BCUT2D eigenvalue weighted by molar-refractivity contribution is 5.84. The normalized spacial score (nSPS) is 22.8. The van der Waals surface area contributed by atoms with E-state index in [0.29, 0.717) is 12.8 Å². The van der Waals surface area contributed by atoms with E-state index in [1.165, 1.54) is 24.0 Å². The van der Waals surface area contributed by atoms with Gasteiger partial charge in [-0.1, -0.05) is 60.7 Å². The van der Waals surface area contributed by atoms with Crippen molar-refractivity contribution >= 4 is 23.9 Å². The van der Waals surface area contributed by atoms with Crippen LogP contribution in [-0.4, -0.2) is 111 Å². The molecule has 14 heteroatoms. The van der Waals surface area contributed by atoms with Crippen LogP contribution in [0.4, 0.5) is 0 Å². The smallest absolute Gasteiger partial charge is 0.308 e. The van der Waals surface area contributed by atoms with Crippen molar-refractivity contribution < 1.29 is 68.4 Å². The minimum absolute atomic E-state index is 0.224. The van der Waals surface area contributed by atoms with E-state index in [1.807, 2.05) is 74.5 Å². The van der Waals surface area contributed by atoms with E-state index < -0.39 is 46.3 Å². The summed E-state index contributed by atoms with van der Waals surface area (Å²) >= 11 is 0. The number of hydrogen-bond donors (Lipinski definition) is 4. The van der Waals surface area contributed by atoms with Gasteiger partial charge in [0.05, 0.1) is 78.4 Å². The summed E-state index contributed by atoms with van der Waals surface area (Å²) in [4.78, 5) is 47.3. The van der Waals surface area contributed by atoms with Crippen LogP contribution in [-0.2, 0) is 38.1 Å². The van der Waals surface area contributed by atoms with Crippen molar-refractivity contribution in [3.63, 3.8) is 0 Å². The summed E-state index contributed by atoms with van der Waals surface area (Å²) in [5.41, 5.74) is -2.17. The Morgan fingerprint density at radius 3 is 1.14 bits per heavy atom. The fraction of sp³-hybridized carbons (Fsp3) is 0.636. The maximum absolute atomic E-state index is 11.2. The molecule has 2 saturated heterocycles. The van der Waals surface area contributed by atoms with Gasteiger partial charge in [0.15, 0.2) is 0 Å². The molecule has 2 fully saturated rings. The molecule has 5 unspecified atom stereocenters. The van der Waals surface area contributed by atoms with Crippen LogP contribution >= 0.6 is 0 Å². The number of methoxy groups -OCH3 is 2. The number of esters is 2. The number of hydrogen-bond acceptors (Lipinski definition) is 12. The van der Waals surface area contributed by atoms with Crippen LogP contribution in [0.25, 0.3) is 0 Å². The first-order valence-corrected chi connectivity index (χ1v) is 19.9. The molecule has 0 saturated carbocycles. The van der Waals surface area contributed by atoms with Crippen LogP contribution < -0.4 is 20.0 Å². The van der Waals surface area contributed by atoms with Crippen LogP contribution in [0.15, 0.2) is 60.7 Å². The second kappa shape index (κ2) is 23.6. The van der Waals surface area contributed by atoms with Gasteiger partial charge in [-0.2, -0.15) is 0 Å². The molecule has 328 valence electrons. The quantitative estimate of drug-likeness (QED) is 0.217. The first kappa shape index (κ1) is 52.1. The van der Waals surface area contributed by atoms with Gasteiger partial charge in [0.25, 0.3) is 0 Å². The Hall–Kier alpha value is -3.92. The first-order valence-electron chi connectivity index (χ1n) is 19.9. The van der Waals surface area contributed by atoms with Gasteiger partial charge in [0.2, 0.25) is 0 Å². The van der Waals surface area contributed by atoms with Crippen molar-refractivity contribution in [1.29, 1.82) is 0 Å². The summed E-state index contributed by atoms with van der Waals surface area (Å²) in [5.74, 6) is -3.87. The number of carboxylic acids is 2. The molecule has 0 aliphatic carbocycles. The number of aliphatic hydroxyl groups excluding tert-OH is 2. The number of carbonyl (C=O) groups excluding carboxylic acids is 4. The van der Waals surface area contributed by atoms with Gasteiger partial charge in [-0.25, -0.2) is 0 Å². The molecule has 2 aromatic carbocycles. The number of carboxylic acid groups (broad SMARTS) is 2. The lowest BCUT2D eigenvalue weighted by Crippen LogP contribution is -3.10. The van der Waals surface area contributed by atoms with Crippen molar-refractivity contribution in [3.8, 4) is 0 Å². The summed E-state index contributed by atoms with van der Waals surface area (Å²) in [7, 11) is 10.7. The molecule has 6 atom stereocenters. The Balaban J connectivity index is 0.000000389. The lowest BCUT2D eigenvalue weighted by molar-refractivity contribution is -0.888. The van der Waals surface area contributed by atoms with Crippen molar-refractivity contribution in [1.82, 2.24) is 0 Å². The predicted molar refractivity (Wildman–Crippen MR) is 214 cm³/mol. The van der Waals surface area contributed by atoms with E-state index in [9.17, 15) is 39.6 Å². The molecule has 0 amide bonds.